The Morgan fingerprint density at radius 1 is 1.20 bits per heavy atom. The first-order valence-corrected chi connectivity index (χ1v) is 7.35. The number of aliphatic hydroxyl groups excluding tert-OH is 2. The quantitative estimate of drug-likeness (QED) is 0.433. The Kier molecular flexibility index (Phi) is 7.83. The lowest BCUT2D eigenvalue weighted by atomic mass is 9.94. The van der Waals surface area contributed by atoms with Gasteiger partial charge in [-0.25, -0.2) is 9.59 Å². The first-order chi connectivity index (χ1) is 11.8. The van der Waals surface area contributed by atoms with Crippen LogP contribution < -0.4 is 5.32 Å². The molecule has 9 nitrogen and oxygen atoms in total. The van der Waals surface area contributed by atoms with Crippen molar-refractivity contribution in [2.75, 3.05) is 26.9 Å². The molecule has 0 saturated heterocycles. The normalized spacial score (nSPS) is 13.9. The van der Waals surface area contributed by atoms with Crippen LogP contribution in [0.3, 0.4) is 0 Å². The molecule has 9 heteroatoms. The van der Waals surface area contributed by atoms with Crippen LogP contribution in [0.25, 0.3) is 0 Å². The summed E-state index contributed by atoms with van der Waals surface area (Å²) in [4.78, 5) is 34.5. The van der Waals surface area contributed by atoms with Crippen LogP contribution in [-0.4, -0.2) is 66.8 Å². The third kappa shape index (κ3) is 6.05. The monoisotopic (exact) mass is 355 g/mol. The van der Waals surface area contributed by atoms with Crippen molar-refractivity contribution >= 4 is 18.0 Å². The Balaban J connectivity index is 2.90. The molecule has 0 aliphatic rings. The summed E-state index contributed by atoms with van der Waals surface area (Å²) in [5, 5.41) is 22.1. The molecule has 0 unspecified atom stereocenters. The van der Waals surface area contributed by atoms with Gasteiger partial charge in [-0.15, -0.1) is 0 Å². The van der Waals surface area contributed by atoms with E-state index in [1.165, 1.54) is 12.1 Å². The van der Waals surface area contributed by atoms with Crippen LogP contribution in [0.5, 0.6) is 0 Å². The van der Waals surface area contributed by atoms with Gasteiger partial charge in [-0.3, -0.25) is 4.79 Å². The van der Waals surface area contributed by atoms with Crippen LogP contribution in [0.4, 0.5) is 4.79 Å². The van der Waals surface area contributed by atoms with E-state index in [1.807, 2.05) is 0 Å². The number of carbonyl (C=O) groups is 3. The maximum atomic E-state index is 12.0. The molecule has 0 aliphatic heterocycles. The summed E-state index contributed by atoms with van der Waals surface area (Å²) in [5.41, 5.74) is -1.56. The van der Waals surface area contributed by atoms with Crippen LogP contribution in [0.15, 0.2) is 30.3 Å². The summed E-state index contributed by atoms with van der Waals surface area (Å²) in [5.74, 6) is -1.38. The van der Waals surface area contributed by atoms with E-state index in [9.17, 15) is 24.6 Å². The van der Waals surface area contributed by atoms with E-state index in [0.717, 1.165) is 14.0 Å². The predicted molar refractivity (Wildman–Crippen MR) is 84.7 cm³/mol. The predicted octanol–water partition coefficient (Wildman–Crippen LogP) is -0.146. The van der Waals surface area contributed by atoms with Gasteiger partial charge in [-0.2, -0.15) is 0 Å². The van der Waals surface area contributed by atoms with Crippen LogP contribution in [0.2, 0.25) is 0 Å². The van der Waals surface area contributed by atoms with E-state index >= 15 is 0 Å². The van der Waals surface area contributed by atoms with E-state index in [1.54, 1.807) is 18.2 Å². The molecule has 0 aliphatic carbocycles. The summed E-state index contributed by atoms with van der Waals surface area (Å²) >= 11 is 0. The van der Waals surface area contributed by atoms with Gasteiger partial charge in [0, 0.05) is 6.92 Å². The number of ether oxygens (including phenoxy) is 3. The van der Waals surface area contributed by atoms with Crippen molar-refractivity contribution in [2.24, 2.45) is 0 Å². The van der Waals surface area contributed by atoms with Gasteiger partial charge in [-0.1, -0.05) is 18.2 Å². The molecule has 0 fully saturated rings. The molecule has 1 aromatic carbocycles. The maximum absolute atomic E-state index is 12.0. The average Bonchev–Trinajstić information content (AvgIpc) is 2.63. The third-order valence-electron chi connectivity index (χ3n) is 3.37. The zero-order valence-corrected chi connectivity index (χ0v) is 13.9. The summed E-state index contributed by atoms with van der Waals surface area (Å²) in [6.45, 7) is -0.763. The fourth-order valence-corrected chi connectivity index (χ4v) is 1.87. The number of esters is 2. The van der Waals surface area contributed by atoms with Gasteiger partial charge in [0.25, 0.3) is 0 Å². The zero-order valence-electron chi connectivity index (χ0n) is 13.9. The summed E-state index contributed by atoms with van der Waals surface area (Å²) in [6, 6.07) is 8.03. The van der Waals surface area contributed by atoms with Crippen LogP contribution in [-0.2, 0) is 19.0 Å². The molecule has 1 amide bonds. The first kappa shape index (κ1) is 20.4. The average molecular weight is 355 g/mol. The lowest BCUT2D eigenvalue weighted by Gasteiger charge is -2.35. The fraction of sp³-hybridized carbons (Fsp3) is 0.438. The highest BCUT2D eigenvalue weighted by Gasteiger charge is 2.42. The molecule has 0 radical (unpaired) electrons. The molecule has 1 aromatic rings. The summed E-state index contributed by atoms with van der Waals surface area (Å²) in [6.07, 6.45) is -2.52. The van der Waals surface area contributed by atoms with Crippen LogP contribution >= 0.6 is 0 Å². The Morgan fingerprint density at radius 3 is 2.36 bits per heavy atom. The number of carbonyl (C=O) groups excluding carboxylic acids is 3. The Bertz CT molecular complexity index is 591. The molecule has 0 saturated carbocycles. The lowest BCUT2D eigenvalue weighted by Crippen LogP contribution is -2.63. The molecular weight excluding hydrogens is 334 g/mol. The van der Waals surface area contributed by atoms with Gasteiger partial charge in [0.05, 0.1) is 19.3 Å². The number of nitrogens with one attached hydrogen (secondary N) is 1. The topological polar surface area (TPSA) is 131 Å². The largest absolute Gasteiger partial charge is 0.463 e. The second kappa shape index (κ2) is 9.60. The highest BCUT2D eigenvalue weighted by atomic mass is 16.6. The minimum Gasteiger partial charge on any atom is -0.463 e. The highest BCUT2D eigenvalue weighted by Crippen LogP contribution is 2.15. The first-order valence-electron chi connectivity index (χ1n) is 7.35. The van der Waals surface area contributed by atoms with Crippen LogP contribution in [0.1, 0.15) is 17.3 Å². The summed E-state index contributed by atoms with van der Waals surface area (Å²) in [7, 11) is 1.09. The molecule has 0 aromatic heterocycles. The molecule has 25 heavy (non-hydrogen) atoms. The van der Waals surface area contributed by atoms with E-state index in [0.29, 0.717) is 0 Å². The van der Waals surface area contributed by atoms with Gasteiger partial charge in [0.2, 0.25) is 0 Å². The Hall–Kier alpha value is -2.65. The van der Waals surface area contributed by atoms with Gasteiger partial charge in [-0.05, 0) is 12.1 Å². The van der Waals surface area contributed by atoms with Gasteiger partial charge < -0.3 is 29.7 Å². The molecule has 3 N–H and O–H groups in total. The smallest absolute Gasteiger partial charge is 0.407 e. The van der Waals surface area contributed by atoms with E-state index < -0.39 is 49.5 Å². The number of hydrogen-bond acceptors (Lipinski definition) is 8. The van der Waals surface area contributed by atoms with E-state index in [4.69, 9.17) is 4.74 Å². The van der Waals surface area contributed by atoms with Crippen molar-refractivity contribution < 1.29 is 38.8 Å². The van der Waals surface area contributed by atoms with Gasteiger partial charge in [0.1, 0.15) is 24.9 Å². The lowest BCUT2D eigenvalue weighted by molar-refractivity contribution is -0.147. The number of hydrogen-bond donors (Lipinski definition) is 3. The van der Waals surface area contributed by atoms with Gasteiger partial charge in [0.15, 0.2) is 0 Å². The standard InChI is InChI=1S/C16H21NO8/c1-11(19)24-8-13(20)16(9-18,17-15(22)23-2)10-25-14(21)12-6-4-3-5-7-12/h3-7,13,18,20H,8-10H2,1-2H3,(H,17,22)/t13-,16+/m1/s1. The number of benzene rings is 1. The number of aliphatic hydroxyl groups is 2. The fourth-order valence-electron chi connectivity index (χ4n) is 1.87. The maximum Gasteiger partial charge on any atom is 0.407 e. The Morgan fingerprint density at radius 2 is 1.84 bits per heavy atom. The van der Waals surface area contributed by atoms with Crippen molar-refractivity contribution in [1.29, 1.82) is 0 Å². The van der Waals surface area contributed by atoms with E-state index in [-0.39, 0.29) is 5.56 Å². The second-order valence-electron chi connectivity index (χ2n) is 5.19. The van der Waals surface area contributed by atoms with Crippen molar-refractivity contribution in [3.8, 4) is 0 Å². The van der Waals surface area contributed by atoms with Crippen molar-refractivity contribution in [3.63, 3.8) is 0 Å². The van der Waals surface area contributed by atoms with Crippen LogP contribution in [0, 0.1) is 0 Å². The molecule has 138 valence electrons. The van der Waals surface area contributed by atoms with Gasteiger partial charge >= 0.3 is 18.0 Å². The SMILES string of the molecule is COC(=O)N[C@@](CO)(COC(=O)c1ccccc1)[C@H](O)COC(C)=O. The third-order valence-corrected chi connectivity index (χ3v) is 3.37. The zero-order chi connectivity index (χ0) is 18.9. The number of amides is 1. The van der Waals surface area contributed by atoms with E-state index in [2.05, 4.69) is 14.8 Å². The highest BCUT2D eigenvalue weighted by molar-refractivity contribution is 5.89. The molecular formula is C16H21NO8. The molecule has 1 rings (SSSR count). The van der Waals surface area contributed by atoms with Crippen molar-refractivity contribution in [1.82, 2.24) is 5.32 Å². The van der Waals surface area contributed by atoms with Crippen molar-refractivity contribution in [3.05, 3.63) is 35.9 Å². The number of alkyl carbamates (subject to hydrolysis) is 1. The minimum absolute atomic E-state index is 0.252. The number of methoxy groups -OCH3 is 1. The molecule has 0 heterocycles. The van der Waals surface area contributed by atoms with Crippen molar-refractivity contribution in [2.45, 2.75) is 18.6 Å². The molecule has 0 spiro atoms. The summed E-state index contributed by atoms with van der Waals surface area (Å²) < 4.78 is 14.2. The molecule has 2 atom stereocenters. The number of rotatable bonds is 8. The second-order valence-corrected chi connectivity index (χ2v) is 5.19. The molecule has 0 bridgehead atoms. The minimum atomic E-state index is -1.81. The Labute approximate surface area is 144 Å².